The summed E-state index contributed by atoms with van der Waals surface area (Å²) < 4.78 is 1.93. The highest BCUT2D eigenvalue weighted by molar-refractivity contribution is 5.76. The van der Waals surface area contributed by atoms with Gasteiger partial charge in [-0.3, -0.25) is 4.79 Å². The second kappa shape index (κ2) is 7.76. The van der Waals surface area contributed by atoms with Gasteiger partial charge in [-0.05, 0) is 30.9 Å². The van der Waals surface area contributed by atoms with E-state index in [2.05, 4.69) is 20.6 Å². The van der Waals surface area contributed by atoms with Crippen molar-refractivity contribution in [2.75, 3.05) is 18.4 Å². The summed E-state index contributed by atoms with van der Waals surface area (Å²) in [4.78, 5) is 20.3. The molecule has 3 rings (SSSR count). The Morgan fingerprint density at radius 2 is 1.96 bits per heavy atom. The zero-order chi connectivity index (χ0) is 15.9. The maximum atomic E-state index is 11.9. The molecule has 2 N–H and O–H groups in total. The fourth-order valence-electron chi connectivity index (χ4n) is 3.01. The van der Waals surface area contributed by atoms with Crippen molar-refractivity contribution in [1.82, 2.24) is 19.9 Å². The smallest absolute Gasteiger partial charge is 0.220 e. The van der Waals surface area contributed by atoms with E-state index in [1.54, 1.807) is 0 Å². The van der Waals surface area contributed by atoms with Crippen molar-refractivity contribution in [3.05, 3.63) is 36.9 Å². The average molecular weight is 313 g/mol. The predicted octanol–water partition coefficient (Wildman–Crippen LogP) is 2.38. The Bertz CT molecular complexity index is 620. The van der Waals surface area contributed by atoms with E-state index in [1.807, 2.05) is 35.2 Å². The van der Waals surface area contributed by atoms with Gasteiger partial charge in [0, 0.05) is 38.0 Å². The monoisotopic (exact) mass is 313 g/mol. The summed E-state index contributed by atoms with van der Waals surface area (Å²) in [5, 5.41) is 6.19. The molecular weight excluding hydrogens is 290 g/mol. The quantitative estimate of drug-likeness (QED) is 0.770. The zero-order valence-corrected chi connectivity index (χ0v) is 13.2. The van der Waals surface area contributed by atoms with Gasteiger partial charge in [-0.2, -0.15) is 0 Å². The van der Waals surface area contributed by atoms with Crippen LogP contribution in [0.25, 0.3) is 5.82 Å². The third kappa shape index (κ3) is 4.55. The second-order valence-corrected chi connectivity index (χ2v) is 5.98. The van der Waals surface area contributed by atoms with Gasteiger partial charge in [0.15, 0.2) is 0 Å². The molecule has 1 amide bonds. The molecule has 6 nitrogen and oxygen atoms in total. The van der Waals surface area contributed by atoms with Gasteiger partial charge in [-0.1, -0.05) is 12.8 Å². The van der Waals surface area contributed by atoms with Crippen molar-refractivity contribution in [3.63, 3.8) is 0 Å². The topological polar surface area (TPSA) is 71.8 Å². The molecule has 0 radical (unpaired) electrons. The SMILES string of the molecule is O=C(CC1CCCC1)NCCNc1cc(-n2cccc2)ncn1. The Labute approximate surface area is 136 Å². The highest BCUT2D eigenvalue weighted by Crippen LogP contribution is 2.27. The molecule has 122 valence electrons. The Morgan fingerprint density at radius 3 is 2.74 bits per heavy atom. The fraction of sp³-hybridized carbons (Fsp3) is 0.471. The number of nitrogens with one attached hydrogen (secondary N) is 2. The zero-order valence-electron chi connectivity index (χ0n) is 13.2. The van der Waals surface area contributed by atoms with E-state index < -0.39 is 0 Å². The first kappa shape index (κ1) is 15.5. The standard InChI is InChI=1S/C17H23N5O/c23-17(11-14-5-1-2-6-14)19-8-7-18-15-12-16(21-13-20-15)22-9-3-4-10-22/h3-4,9-10,12-14H,1-2,5-8,11H2,(H,19,23)(H,18,20,21). The normalized spacial score (nSPS) is 14.8. The molecule has 0 aliphatic heterocycles. The number of amides is 1. The van der Waals surface area contributed by atoms with Crippen LogP contribution in [0.5, 0.6) is 0 Å². The van der Waals surface area contributed by atoms with E-state index >= 15 is 0 Å². The number of anilines is 1. The van der Waals surface area contributed by atoms with Gasteiger partial charge < -0.3 is 15.2 Å². The molecular formula is C17H23N5O. The molecule has 2 heterocycles. The van der Waals surface area contributed by atoms with Crippen molar-refractivity contribution in [1.29, 1.82) is 0 Å². The Kier molecular flexibility index (Phi) is 5.24. The largest absolute Gasteiger partial charge is 0.368 e. The van der Waals surface area contributed by atoms with Crippen LogP contribution in [0.1, 0.15) is 32.1 Å². The van der Waals surface area contributed by atoms with E-state index in [-0.39, 0.29) is 5.91 Å². The first-order valence-corrected chi connectivity index (χ1v) is 8.27. The van der Waals surface area contributed by atoms with Gasteiger partial charge in [-0.25, -0.2) is 9.97 Å². The highest BCUT2D eigenvalue weighted by Gasteiger charge is 2.17. The summed E-state index contributed by atoms with van der Waals surface area (Å²) >= 11 is 0. The maximum Gasteiger partial charge on any atom is 0.220 e. The van der Waals surface area contributed by atoms with E-state index in [1.165, 1.54) is 32.0 Å². The molecule has 6 heteroatoms. The lowest BCUT2D eigenvalue weighted by molar-refractivity contribution is -0.121. The number of carbonyl (C=O) groups is 1. The average Bonchev–Trinajstić information content (AvgIpc) is 3.25. The van der Waals surface area contributed by atoms with Crippen LogP contribution in [-0.4, -0.2) is 33.5 Å². The summed E-state index contributed by atoms with van der Waals surface area (Å²) in [7, 11) is 0. The van der Waals surface area contributed by atoms with Crippen molar-refractivity contribution < 1.29 is 4.79 Å². The van der Waals surface area contributed by atoms with Crippen LogP contribution in [0.15, 0.2) is 36.9 Å². The van der Waals surface area contributed by atoms with Gasteiger partial charge in [0.2, 0.25) is 5.91 Å². The summed E-state index contributed by atoms with van der Waals surface area (Å²) in [5.74, 6) is 2.33. The molecule has 0 aromatic carbocycles. The van der Waals surface area contributed by atoms with Gasteiger partial charge >= 0.3 is 0 Å². The number of nitrogens with zero attached hydrogens (tertiary/aromatic N) is 3. The predicted molar refractivity (Wildman–Crippen MR) is 89.4 cm³/mol. The van der Waals surface area contributed by atoms with Crippen LogP contribution in [0.4, 0.5) is 5.82 Å². The van der Waals surface area contributed by atoms with E-state index in [9.17, 15) is 4.79 Å². The summed E-state index contributed by atoms with van der Waals surface area (Å²) in [6.07, 6.45) is 11.0. The Balaban J connectivity index is 1.40. The number of hydrogen-bond acceptors (Lipinski definition) is 4. The number of carbonyl (C=O) groups excluding carboxylic acids is 1. The third-order valence-corrected chi connectivity index (χ3v) is 4.22. The van der Waals surface area contributed by atoms with Crippen molar-refractivity contribution in [2.24, 2.45) is 5.92 Å². The molecule has 1 aliphatic rings. The molecule has 1 saturated carbocycles. The molecule has 1 aliphatic carbocycles. The van der Waals surface area contributed by atoms with Crippen LogP contribution >= 0.6 is 0 Å². The van der Waals surface area contributed by atoms with Gasteiger partial charge in [0.05, 0.1) is 0 Å². The lowest BCUT2D eigenvalue weighted by Gasteiger charge is -2.11. The molecule has 2 aromatic heterocycles. The Morgan fingerprint density at radius 1 is 1.17 bits per heavy atom. The molecule has 0 atom stereocenters. The first-order chi connectivity index (χ1) is 11.3. The van der Waals surface area contributed by atoms with Crippen LogP contribution in [0, 0.1) is 5.92 Å². The molecule has 0 spiro atoms. The maximum absolute atomic E-state index is 11.9. The van der Waals surface area contributed by atoms with E-state index in [0.29, 0.717) is 25.4 Å². The Hall–Kier alpha value is -2.37. The van der Waals surface area contributed by atoms with Gasteiger partial charge in [-0.15, -0.1) is 0 Å². The van der Waals surface area contributed by atoms with E-state index in [0.717, 1.165) is 11.6 Å². The molecule has 0 bridgehead atoms. The molecule has 0 unspecified atom stereocenters. The molecule has 1 fully saturated rings. The molecule has 0 saturated heterocycles. The van der Waals surface area contributed by atoms with Crippen molar-refractivity contribution in [2.45, 2.75) is 32.1 Å². The lowest BCUT2D eigenvalue weighted by atomic mass is 10.0. The minimum Gasteiger partial charge on any atom is -0.368 e. The fourth-order valence-corrected chi connectivity index (χ4v) is 3.01. The van der Waals surface area contributed by atoms with Crippen LogP contribution < -0.4 is 10.6 Å². The summed E-state index contributed by atoms with van der Waals surface area (Å²) in [6.45, 7) is 1.26. The molecule has 2 aromatic rings. The first-order valence-electron chi connectivity index (χ1n) is 8.27. The van der Waals surface area contributed by atoms with Crippen LogP contribution in [0.3, 0.4) is 0 Å². The summed E-state index contributed by atoms with van der Waals surface area (Å²) in [5.41, 5.74) is 0. The van der Waals surface area contributed by atoms with Crippen LogP contribution in [-0.2, 0) is 4.79 Å². The number of aromatic nitrogens is 3. The lowest BCUT2D eigenvalue weighted by Crippen LogP contribution is -2.30. The third-order valence-electron chi connectivity index (χ3n) is 4.22. The summed E-state index contributed by atoms with van der Waals surface area (Å²) in [6, 6.07) is 5.80. The number of hydrogen-bond donors (Lipinski definition) is 2. The van der Waals surface area contributed by atoms with Gasteiger partial charge in [0.1, 0.15) is 18.0 Å². The number of rotatable bonds is 7. The minimum atomic E-state index is 0.161. The van der Waals surface area contributed by atoms with Crippen LogP contribution in [0.2, 0.25) is 0 Å². The minimum absolute atomic E-state index is 0.161. The van der Waals surface area contributed by atoms with Crippen molar-refractivity contribution in [3.8, 4) is 5.82 Å². The van der Waals surface area contributed by atoms with Gasteiger partial charge in [0.25, 0.3) is 0 Å². The molecule has 23 heavy (non-hydrogen) atoms. The van der Waals surface area contributed by atoms with E-state index in [4.69, 9.17) is 0 Å². The highest BCUT2D eigenvalue weighted by atomic mass is 16.1. The van der Waals surface area contributed by atoms with Crippen molar-refractivity contribution >= 4 is 11.7 Å². The second-order valence-electron chi connectivity index (χ2n) is 5.98.